The molecule has 0 bridgehead atoms. The van der Waals surface area contributed by atoms with Gasteiger partial charge in [-0.3, -0.25) is 0 Å². The highest BCUT2D eigenvalue weighted by Gasteiger charge is 1.98. The number of anilines is 2. The summed E-state index contributed by atoms with van der Waals surface area (Å²) in [6.45, 7) is 2.08. The van der Waals surface area contributed by atoms with Gasteiger partial charge >= 0.3 is 0 Å². The van der Waals surface area contributed by atoms with Crippen molar-refractivity contribution in [2.45, 2.75) is 6.92 Å². The molecule has 0 radical (unpaired) electrons. The van der Waals surface area contributed by atoms with Crippen LogP contribution in [0.5, 0.6) is 11.5 Å². The zero-order chi connectivity index (χ0) is 13.0. The van der Waals surface area contributed by atoms with E-state index in [4.69, 9.17) is 20.9 Å². The molecule has 0 saturated carbocycles. The molecular formula is C14H16N2O2. The van der Waals surface area contributed by atoms with Gasteiger partial charge in [0, 0.05) is 17.4 Å². The number of benzene rings is 2. The van der Waals surface area contributed by atoms with Crippen molar-refractivity contribution in [1.29, 1.82) is 0 Å². The van der Waals surface area contributed by atoms with E-state index in [-0.39, 0.29) is 6.79 Å². The van der Waals surface area contributed by atoms with Crippen LogP contribution in [0.3, 0.4) is 0 Å². The summed E-state index contributed by atoms with van der Waals surface area (Å²) in [6, 6.07) is 12.7. The molecule has 0 aliphatic carbocycles. The zero-order valence-corrected chi connectivity index (χ0v) is 10.2. The van der Waals surface area contributed by atoms with Gasteiger partial charge in [0.15, 0.2) is 0 Å². The number of hydrogen-bond donors (Lipinski definition) is 2. The molecule has 4 N–H and O–H groups in total. The fourth-order valence-electron chi connectivity index (χ4n) is 1.44. The Morgan fingerprint density at radius 3 is 2.17 bits per heavy atom. The number of hydrogen-bond acceptors (Lipinski definition) is 4. The van der Waals surface area contributed by atoms with E-state index < -0.39 is 0 Å². The zero-order valence-electron chi connectivity index (χ0n) is 10.2. The van der Waals surface area contributed by atoms with Gasteiger partial charge in [0.25, 0.3) is 0 Å². The normalized spacial score (nSPS) is 10.1. The van der Waals surface area contributed by atoms with E-state index in [1.807, 2.05) is 19.1 Å². The Kier molecular flexibility index (Phi) is 3.57. The molecule has 0 aliphatic rings. The van der Waals surface area contributed by atoms with Gasteiger partial charge in [-0.1, -0.05) is 6.07 Å². The standard InChI is InChI=1S/C14H16N2O2/c1-10-2-5-13(8-14(10)16)18-9-17-12-6-3-11(15)4-7-12/h2-8H,9,15-16H2,1H3. The van der Waals surface area contributed by atoms with Crippen molar-refractivity contribution in [2.24, 2.45) is 0 Å². The Morgan fingerprint density at radius 1 is 0.889 bits per heavy atom. The topological polar surface area (TPSA) is 70.5 Å². The molecule has 94 valence electrons. The fraction of sp³-hybridized carbons (Fsp3) is 0.143. The van der Waals surface area contributed by atoms with Crippen LogP contribution in [0.2, 0.25) is 0 Å². The third kappa shape index (κ3) is 3.07. The SMILES string of the molecule is Cc1ccc(OCOc2ccc(N)cc2)cc1N. The second kappa shape index (κ2) is 5.31. The van der Waals surface area contributed by atoms with Crippen LogP contribution in [0.25, 0.3) is 0 Å². The fourth-order valence-corrected chi connectivity index (χ4v) is 1.44. The van der Waals surface area contributed by atoms with Crippen molar-refractivity contribution in [1.82, 2.24) is 0 Å². The summed E-state index contributed by atoms with van der Waals surface area (Å²) in [7, 11) is 0. The molecule has 0 amide bonds. The van der Waals surface area contributed by atoms with E-state index >= 15 is 0 Å². The summed E-state index contributed by atoms with van der Waals surface area (Å²) in [5.74, 6) is 1.40. The molecule has 0 atom stereocenters. The number of rotatable bonds is 4. The van der Waals surface area contributed by atoms with Crippen molar-refractivity contribution in [3.8, 4) is 11.5 Å². The molecule has 2 aromatic rings. The Morgan fingerprint density at radius 2 is 1.50 bits per heavy atom. The predicted octanol–water partition coefficient (Wildman–Crippen LogP) is 2.57. The van der Waals surface area contributed by atoms with E-state index in [2.05, 4.69) is 0 Å². The highest BCUT2D eigenvalue weighted by atomic mass is 16.7. The van der Waals surface area contributed by atoms with Crippen LogP contribution in [-0.4, -0.2) is 6.79 Å². The quantitative estimate of drug-likeness (QED) is 0.640. The van der Waals surface area contributed by atoms with Crippen molar-refractivity contribution in [3.63, 3.8) is 0 Å². The number of aryl methyl sites for hydroxylation is 1. The average Bonchev–Trinajstić information content (AvgIpc) is 2.36. The molecule has 0 aliphatic heterocycles. The molecule has 0 fully saturated rings. The van der Waals surface area contributed by atoms with Gasteiger partial charge in [-0.15, -0.1) is 0 Å². The van der Waals surface area contributed by atoms with E-state index in [1.165, 1.54) is 0 Å². The summed E-state index contributed by atoms with van der Waals surface area (Å²) < 4.78 is 10.9. The lowest BCUT2D eigenvalue weighted by Crippen LogP contribution is -2.06. The van der Waals surface area contributed by atoms with Gasteiger partial charge in [0.05, 0.1) is 0 Å². The molecule has 4 nitrogen and oxygen atoms in total. The van der Waals surface area contributed by atoms with Gasteiger partial charge in [0.1, 0.15) is 11.5 Å². The molecule has 2 rings (SSSR count). The first-order chi connectivity index (χ1) is 8.65. The van der Waals surface area contributed by atoms with Crippen molar-refractivity contribution in [2.75, 3.05) is 18.3 Å². The molecule has 0 heterocycles. The van der Waals surface area contributed by atoms with E-state index in [0.29, 0.717) is 22.9 Å². The molecule has 0 aromatic heterocycles. The van der Waals surface area contributed by atoms with Crippen LogP contribution in [0.15, 0.2) is 42.5 Å². The largest absolute Gasteiger partial charge is 0.458 e. The minimum absolute atomic E-state index is 0.131. The Balaban J connectivity index is 1.88. The maximum atomic E-state index is 5.79. The molecule has 0 saturated heterocycles. The first kappa shape index (κ1) is 12.1. The predicted molar refractivity (Wildman–Crippen MR) is 72.6 cm³/mol. The maximum Gasteiger partial charge on any atom is 0.230 e. The third-order valence-electron chi connectivity index (χ3n) is 2.58. The van der Waals surface area contributed by atoms with Gasteiger partial charge in [0.2, 0.25) is 6.79 Å². The van der Waals surface area contributed by atoms with E-state index in [9.17, 15) is 0 Å². The van der Waals surface area contributed by atoms with Crippen LogP contribution < -0.4 is 20.9 Å². The lowest BCUT2D eigenvalue weighted by molar-refractivity contribution is 0.120. The number of nitrogens with two attached hydrogens (primary N) is 2. The Hall–Kier alpha value is -2.36. The summed E-state index contributed by atoms with van der Waals surface area (Å²) >= 11 is 0. The summed E-state index contributed by atoms with van der Waals surface area (Å²) in [6.07, 6.45) is 0. The molecule has 0 spiro atoms. The summed E-state index contributed by atoms with van der Waals surface area (Å²) in [5, 5.41) is 0. The first-order valence-corrected chi connectivity index (χ1v) is 5.62. The highest BCUT2D eigenvalue weighted by molar-refractivity contribution is 5.50. The highest BCUT2D eigenvalue weighted by Crippen LogP contribution is 2.19. The maximum absolute atomic E-state index is 5.79. The number of nitrogen functional groups attached to an aromatic ring is 2. The van der Waals surface area contributed by atoms with Crippen LogP contribution in [0.4, 0.5) is 11.4 Å². The van der Waals surface area contributed by atoms with Gasteiger partial charge in [-0.25, -0.2) is 0 Å². The Bertz CT molecular complexity index is 524. The van der Waals surface area contributed by atoms with Crippen molar-refractivity contribution >= 4 is 11.4 Å². The van der Waals surface area contributed by atoms with Gasteiger partial charge < -0.3 is 20.9 Å². The van der Waals surface area contributed by atoms with Gasteiger partial charge in [-0.05, 0) is 42.8 Å². The minimum atomic E-state index is 0.131. The van der Waals surface area contributed by atoms with E-state index in [1.54, 1.807) is 30.3 Å². The van der Waals surface area contributed by atoms with Crippen molar-refractivity contribution in [3.05, 3.63) is 48.0 Å². The summed E-state index contributed by atoms with van der Waals surface area (Å²) in [5.41, 5.74) is 13.8. The average molecular weight is 244 g/mol. The number of ether oxygens (including phenoxy) is 2. The van der Waals surface area contributed by atoms with Crippen LogP contribution in [0, 0.1) is 6.92 Å². The third-order valence-corrected chi connectivity index (χ3v) is 2.58. The second-order valence-corrected chi connectivity index (χ2v) is 3.99. The molecule has 18 heavy (non-hydrogen) atoms. The Labute approximate surface area is 106 Å². The molecule has 0 unspecified atom stereocenters. The minimum Gasteiger partial charge on any atom is -0.458 e. The van der Waals surface area contributed by atoms with Crippen LogP contribution >= 0.6 is 0 Å². The van der Waals surface area contributed by atoms with Crippen molar-refractivity contribution < 1.29 is 9.47 Å². The first-order valence-electron chi connectivity index (χ1n) is 5.62. The smallest absolute Gasteiger partial charge is 0.230 e. The van der Waals surface area contributed by atoms with Crippen LogP contribution in [-0.2, 0) is 0 Å². The monoisotopic (exact) mass is 244 g/mol. The van der Waals surface area contributed by atoms with Crippen LogP contribution in [0.1, 0.15) is 5.56 Å². The molecular weight excluding hydrogens is 228 g/mol. The summed E-state index contributed by atoms with van der Waals surface area (Å²) in [4.78, 5) is 0. The molecule has 2 aromatic carbocycles. The second-order valence-electron chi connectivity index (χ2n) is 3.99. The lowest BCUT2D eigenvalue weighted by atomic mass is 10.2. The molecule has 4 heteroatoms. The van der Waals surface area contributed by atoms with E-state index in [0.717, 1.165) is 5.56 Å². The van der Waals surface area contributed by atoms with Gasteiger partial charge in [-0.2, -0.15) is 0 Å². The lowest BCUT2D eigenvalue weighted by Gasteiger charge is -2.09.